The van der Waals surface area contributed by atoms with Gasteiger partial charge >= 0.3 is 6.18 Å². The standard InChI is InChI=1S/C10H11F4NO/c11-9(10(12,13)14)6-16-8-3-1-2-7(4-8)5-15/h1-4,9H,5-6,15H2. The zero-order chi connectivity index (χ0) is 12.2. The molecular formula is C10H11F4NO. The molecule has 0 aromatic heterocycles. The minimum atomic E-state index is -4.88. The third-order valence-electron chi connectivity index (χ3n) is 1.89. The first-order valence-corrected chi connectivity index (χ1v) is 4.56. The highest BCUT2D eigenvalue weighted by Crippen LogP contribution is 2.24. The maximum absolute atomic E-state index is 12.5. The second kappa shape index (κ2) is 5.16. The number of ether oxygens (including phenoxy) is 1. The van der Waals surface area contributed by atoms with Crippen molar-refractivity contribution in [1.29, 1.82) is 0 Å². The van der Waals surface area contributed by atoms with Gasteiger partial charge in [-0.25, -0.2) is 4.39 Å². The molecule has 0 aliphatic heterocycles. The maximum atomic E-state index is 12.5. The van der Waals surface area contributed by atoms with Crippen LogP contribution in [0.4, 0.5) is 17.6 Å². The fraction of sp³-hybridized carbons (Fsp3) is 0.400. The van der Waals surface area contributed by atoms with Crippen LogP contribution in [0.3, 0.4) is 0 Å². The quantitative estimate of drug-likeness (QED) is 0.816. The number of halogens is 4. The van der Waals surface area contributed by atoms with Crippen molar-refractivity contribution in [2.24, 2.45) is 5.73 Å². The van der Waals surface area contributed by atoms with Crippen LogP contribution < -0.4 is 10.5 Å². The van der Waals surface area contributed by atoms with Crippen molar-refractivity contribution in [2.75, 3.05) is 6.61 Å². The van der Waals surface area contributed by atoms with Crippen molar-refractivity contribution in [2.45, 2.75) is 18.9 Å². The van der Waals surface area contributed by atoms with Gasteiger partial charge in [0.1, 0.15) is 12.4 Å². The van der Waals surface area contributed by atoms with Gasteiger partial charge in [0, 0.05) is 6.54 Å². The Morgan fingerprint density at radius 1 is 1.31 bits per heavy atom. The molecule has 90 valence electrons. The zero-order valence-electron chi connectivity index (χ0n) is 8.30. The normalized spacial score (nSPS) is 13.6. The molecule has 2 N–H and O–H groups in total. The minimum absolute atomic E-state index is 0.176. The summed E-state index contributed by atoms with van der Waals surface area (Å²) in [5.41, 5.74) is 6.04. The lowest BCUT2D eigenvalue weighted by atomic mass is 10.2. The molecule has 0 aliphatic rings. The molecule has 1 unspecified atom stereocenters. The van der Waals surface area contributed by atoms with Crippen LogP contribution in [0.1, 0.15) is 5.56 Å². The lowest BCUT2D eigenvalue weighted by Crippen LogP contribution is -2.30. The number of benzene rings is 1. The predicted molar refractivity (Wildman–Crippen MR) is 50.8 cm³/mol. The summed E-state index contributed by atoms with van der Waals surface area (Å²) in [7, 11) is 0. The fourth-order valence-electron chi connectivity index (χ4n) is 1.03. The van der Waals surface area contributed by atoms with Gasteiger partial charge in [-0.3, -0.25) is 0 Å². The van der Waals surface area contributed by atoms with Gasteiger partial charge in [-0.15, -0.1) is 0 Å². The second-order valence-electron chi connectivity index (χ2n) is 3.17. The van der Waals surface area contributed by atoms with E-state index in [9.17, 15) is 17.6 Å². The van der Waals surface area contributed by atoms with E-state index in [0.717, 1.165) is 0 Å². The van der Waals surface area contributed by atoms with Gasteiger partial charge in [-0.05, 0) is 17.7 Å². The van der Waals surface area contributed by atoms with Crippen molar-refractivity contribution in [3.05, 3.63) is 29.8 Å². The van der Waals surface area contributed by atoms with Crippen LogP contribution >= 0.6 is 0 Å². The van der Waals surface area contributed by atoms with E-state index in [1.54, 1.807) is 12.1 Å². The SMILES string of the molecule is NCc1cccc(OCC(F)C(F)(F)F)c1. The molecule has 0 fully saturated rings. The highest BCUT2D eigenvalue weighted by Gasteiger charge is 2.40. The first kappa shape index (κ1) is 12.8. The molecule has 0 bridgehead atoms. The molecule has 0 amide bonds. The molecule has 0 heterocycles. The Kier molecular flexibility index (Phi) is 4.12. The van der Waals surface area contributed by atoms with Crippen LogP contribution in [0.15, 0.2) is 24.3 Å². The summed E-state index contributed by atoms with van der Waals surface area (Å²) in [5.74, 6) is 0.176. The van der Waals surface area contributed by atoms with E-state index in [0.29, 0.717) is 5.56 Å². The number of alkyl halides is 4. The molecule has 1 aromatic rings. The summed E-state index contributed by atoms with van der Waals surface area (Å²) < 4.78 is 52.7. The highest BCUT2D eigenvalue weighted by atomic mass is 19.4. The number of hydrogen-bond acceptors (Lipinski definition) is 2. The minimum Gasteiger partial charge on any atom is -0.490 e. The molecule has 0 radical (unpaired) electrons. The van der Waals surface area contributed by atoms with E-state index in [1.165, 1.54) is 12.1 Å². The van der Waals surface area contributed by atoms with E-state index in [4.69, 9.17) is 5.73 Å². The van der Waals surface area contributed by atoms with E-state index in [2.05, 4.69) is 4.74 Å². The smallest absolute Gasteiger partial charge is 0.423 e. The third-order valence-corrected chi connectivity index (χ3v) is 1.89. The van der Waals surface area contributed by atoms with Gasteiger partial charge in [0.05, 0.1) is 0 Å². The Bertz CT molecular complexity index is 340. The van der Waals surface area contributed by atoms with Crippen LogP contribution in [-0.4, -0.2) is 19.0 Å². The average molecular weight is 237 g/mol. The van der Waals surface area contributed by atoms with Gasteiger partial charge in [-0.1, -0.05) is 12.1 Å². The largest absolute Gasteiger partial charge is 0.490 e. The zero-order valence-corrected chi connectivity index (χ0v) is 8.30. The average Bonchev–Trinajstić information content (AvgIpc) is 2.25. The Balaban J connectivity index is 2.54. The van der Waals surface area contributed by atoms with Crippen LogP contribution in [-0.2, 0) is 6.54 Å². The van der Waals surface area contributed by atoms with Crippen molar-refractivity contribution < 1.29 is 22.3 Å². The lowest BCUT2D eigenvalue weighted by Gasteiger charge is -2.13. The molecule has 1 rings (SSSR count). The van der Waals surface area contributed by atoms with Gasteiger partial charge < -0.3 is 10.5 Å². The molecule has 2 nitrogen and oxygen atoms in total. The highest BCUT2D eigenvalue weighted by molar-refractivity contribution is 5.28. The van der Waals surface area contributed by atoms with Gasteiger partial charge in [0.2, 0.25) is 6.17 Å². The van der Waals surface area contributed by atoms with Crippen molar-refractivity contribution >= 4 is 0 Å². The second-order valence-corrected chi connectivity index (χ2v) is 3.17. The predicted octanol–water partition coefficient (Wildman–Crippen LogP) is 2.42. The van der Waals surface area contributed by atoms with E-state index < -0.39 is 19.0 Å². The van der Waals surface area contributed by atoms with Gasteiger partial charge in [0.25, 0.3) is 0 Å². The molecular weight excluding hydrogens is 226 g/mol. The van der Waals surface area contributed by atoms with Crippen LogP contribution in [0.5, 0.6) is 5.75 Å². The summed E-state index contributed by atoms with van der Waals surface area (Å²) in [6.45, 7) is -0.799. The van der Waals surface area contributed by atoms with Gasteiger partial charge in [-0.2, -0.15) is 13.2 Å². The number of hydrogen-bond donors (Lipinski definition) is 1. The summed E-state index contributed by atoms with van der Waals surface area (Å²) in [5, 5.41) is 0. The van der Waals surface area contributed by atoms with E-state index >= 15 is 0 Å². The monoisotopic (exact) mass is 237 g/mol. The summed E-state index contributed by atoms with van der Waals surface area (Å²) >= 11 is 0. The first-order chi connectivity index (χ1) is 7.43. The molecule has 0 saturated carbocycles. The van der Waals surface area contributed by atoms with Gasteiger partial charge in [0.15, 0.2) is 0 Å². The van der Waals surface area contributed by atoms with Crippen LogP contribution in [0, 0.1) is 0 Å². The van der Waals surface area contributed by atoms with Crippen LogP contribution in [0.2, 0.25) is 0 Å². The van der Waals surface area contributed by atoms with E-state index in [1.807, 2.05) is 0 Å². The lowest BCUT2D eigenvalue weighted by molar-refractivity contribution is -0.187. The molecule has 1 atom stereocenters. The molecule has 16 heavy (non-hydrogen) atoms. The molecule has 0 saturated heterocycles. The Morgan fingerprint density at radius 3 is 2.56 bits per heavy atom. The topological polar surface area (TPSA) is 35.2 Å². The molecule has 1 aromatic carbocycles. The van der Waals surface area contributed by atoms with Crippen molar-refractivity contribution in [1.82, 2.24) is 0 Å². The summed E-state index contributed by atoms with van der Waals surface area (Å²) in [4.78, 5) is 0. The molecule has 6 heteroatoms. The van der Waals surface area contributed by atoms with Crippen molar-refractivity contribution in [3.63, 3.8) is 0 Å². The molecule has 0 spiro atoms. The van der Waals surface area contributed by atoms with Crippen molar-refractivity contribution in [3.8, 4) is 5.75 Å². The maximum Gasteiger partial charge on any atom is 0.423 e. The molecule has 0 aliphatic carbocycles. The number of rotatable bonds is 4. The Labute approximate surface area is 90.0 Å². The van der Waals surface area contributed by atoms with E-state index in [-0.39, 0.29) is 12.3 Å². The number of nitrogens with two attached hydrogens (primary N) is 1. The fourth-order valence-corrected chi connectivity index (χ4v) is 1.03. The third kappa shape index (κ3) is 3.69. The summed E-state index contributed by atoms with van der Waals surface area (Å²) in [6.07, 6.45) is -7.86. The van der Waals surface area contributed by atoms with Crippen LogP contribution in [0.25, 0.3) is 0 Å². The Hall–Kier alpha value is -1.30. The summed E-state index contributed by atoms with van der Waals surface area (Å²) in [6, 6.07) is 6.20. The Morgan fingerprint density at radius 2 is 2.00 bits per heavy atom. The first-order valence-electron chi connectivity index (χ1n) is 4.56.